The van der Waals surface area contributed by atoms with Crippen LogP contribution in [0.15, 0.2) is 47.7 Å². The lowest BCUT2D eigenvalue weighted by molar-refractivity contribution is -0.125. The van der Waals surface area contributed by atoms with Gasteiger partial charge in [0.05, 0.1) is 0 Å². The van der Waals surface area contributed by atoms with Crippen LogP contribution in [0.3, 0.4) is 0 Å². The number of halogens is 3. The van der Waals surface area contributed by atoms with Crippen LogP contribution >= 0.6 is 0 Å². The van der Waals surface area contributed by atoms with E-state index < -0.39 is 6.30 Å². The number of benzene rings is 1. The van der Waals surface area contributed by atoms with Gasteiger partial charge in [-0.1, -0.05) is 18.6 Å². The van der Waals surface area contributed by atoms with Crippen LogP contribution in [0, 0.1) is 0 Å². The summed E-state index contributed by atoms with van der Waals surface area (Å²) in [6.45, 7) is 6.08. The van der Waals surface area contributed by atoms with Gasteiger partial charge in [0.25, 0.3) is 0 Å². The molecule has 22 heavy (non-hydrogen) atoms. The van der Waals surface area contributed by atoms with Crippen LogP contribution in [0.1, 0.15) is 27.2 Å². The van der Waals surface area contributed by atoms with Gasteiger partial charge in [-0.15, -0.1) is 0 Å². The zero-order chi connectivity index (χ0) is 16.9. The molecule has 0 aliphatic rings. The molecule has 0 aliphatic carbocycles. The third-order valence-corrected chi connectivity index (χ3v) is 3.50. The van der Waals surface area contributed by atoms with Crippen LogP contribution in [-0.2, 0) is 0 Å². The van der Waals surface area contributed by atoms with Gasteiger partial charge in [-0.3, -0.25) is 4.90 Å². The molecule has 2 nitrogen and oxygen atoms in total. The Balaban J connectivity index is 2.93. The Bertz CT molecular complexity index is 542. The van der Waals surface area contributed by atoms with Gasteiger partial charge in [0.15, 0.2) is 0 Å². The monoisotopic (exact) mass is 312 g/mol. The molecule has 0 aromatic heterocycles. The van der Waals surface area contributed by atoms with E-state index in [4.69, 9.17) is 0 Å². The van der Waals surface area contributed by atoms with Crippen LogP contribution in [0.2, 0.25) is 0 Å². The Morgan fingerprint density at radius 1 is 1.05 bits per heavy atom. The highest BCUT2D eigenvalue weighted by atomic mass is 19.4. The quantitative estimate of drug-likeness (QED) is 0.535. The Morgan fingerprint density at radius 3 is 2.00 bits per heavy atom. The molecule has 0 unspecified atom stereocenters. The van der Waals surface area contributed by atoms with Crippen molar-refractivity contribution in [3.05, 3.63) is 47.7 Å². The number of hydrogen-bond acceptors (Lipinski definition) is 2. The summed E-state index contributed by atoms with van der Waals surface area (Å²) < 4.78 is 37.9. The van der Waals surface area contributed by atoms with Gasteiger partial charge < -0.3 is 4.90 Å². The van der Waals surface area contributed by atoms with Crippen molar-refractivity contribution in [2.24, 2.45) is 0 Å². The molecule has 0 heterocycles. The Hall–Kier alpha value is -1.91. The van der Waals surface area contributed by atoms with E-state index in [0.717, 1.165) is 24.9 Å². The second kappa shape index (κ2) is 7.38. The van der Waals surface area contributed by atoms with Gasteiger partial charge in [0, 0.05) is 31.2 Å². The zero-order valence-corrected chi connectivity index (χ0v) is 13.7. The number of rotatable bonds is 5. The van der Waals surface area contributed by atoms with Gasteiger partial charge in [0.2, 0.25) is 0 Å². The van der Waals surface area contributed by atoms with Crippen molar-refractivity contribution in [2.45, 2.75) is 33.5 Å². The summed E-state index contributed by atoms with van der Waals surface area (Å²) in [7, 11) is 2.91. The van der Waals surface area contributed by atoms with Gasteiger partial charge in [-0.2, -0.15) is 13.2 Å². The lowest BCUT2D eigenvalue weighted by Crippen LogP contribution is -2.33. The molecule has 0 N–H and O–H groups in total. The smallest absolute Gasteiger partial charge is 0.348 e. The summed E-state index contributed by atoms with van der Waals surface area (Å²) in [6, 6.07) is 6.32. The number of nitrogens with zero attached hydrogens (tertiary/aromatic N) is 2. The summed E-state index contributed by atoms with van der Waals surface area (Å²) in [4.78, 5) is 2.25. The summed E-state index contributed by atoms with van der Waals surface area (Å²) >= 11 is 0. The molecule has 0 radical (unpaired) electrons. The molecule has 0 atom stereocenters. The van der Waals surface area contributed by atoms with E-state index in [1.165, 1.54) is 17.7 Å². The minimum absolute atomic E-state index is 0.119. The first-order valence-electron chi connectivity index (χ1n) is 7.16. The molecule has 1 aromatic rings. The maximum Gasteiger partial charge on any atom is 0.484 e. The SMILES string of the molecule is CC/C=C(C)\C=C(\C)N(C)c1ccc(N(C)C(F)(F)F)cc1. The largest absolute Gasteiger partial charge is 0.484 e. The van der Waals surface area contributed by atoms with Gasteiger partial charge in [-0.05, 0) is 50.6 Å². The van der Waals surface area contributed by atoms with E-state index in [-0.39, 0.29) is 5.69 Å². The van der Waals surface area contributed by atoms with E-state index >= 15 is 0 Å². The summed E-state index contributed by atoms with van der Waals surface area (Å²) in [6.07, 6.45) is 0.779. The fourth-order valence-electron chi connectivity index (χ4n) is 2.06. The maximum absolute atomic E-state index is 12.6. The molecule has 5 heteroatoms. The van der Waals surface area contributed by atoms with E-state index in [0.29, 0.717) is 4.90 Å². The molecule has 1 aromatic carbocycles. The first-order valence-corrected chi connectivity index (χ1v) is 7.16. The van der Waals surface area contributed by atoms with Crippen LogP contribution in [-0.4, -0.2) is 20.4 Å². The van der Waals surface area contributed by atoms with E-state index in [9.17, 15) is 13.2 Å². The third kappa shape index (κ3) is 4.83. The maximum atomic E-state index is 12.6. The predicted molar refractivity (Wildman–Crippen MR) is 87.1 cm³/mol. The first-order chi connectivity index (χ1) is 10.2. The Morgan fingerprint density at radius 2 is 1.55 bits per heavy atom. The topological polar surface area (TPSA) is 6.48 Å². The predicted octanol–water partition coefficient (Wildman–Crippen LogP) is 5.34. The molecule has 0 saturated heterocycles. The van der Waals surface area contributed by atoms with Crippen molar-refractivity contribution in [2.75, 3.05) is 23.9 Å². The van der Waals surface area contributed by atoms with Crippen molar-refractivity contribution >= 4 is 11.4 Å². The van der Waals surface area contributed by atoms with Crippen molar-refractivity contribution in [3.8, 4) is 0 Å². The highest BCUT2D eigenvalue weighted by Crippen LogP contribution is 2.28. The van der Waals surface area contributed by atoms with Crippen LogP contribution < -0.4 is 9.80 Å². The van der Waals surface area contributed by atoms with Crippen molar-refractivity contribution in [1.82, 2.24) is 0 Å². The number of hydrogen-bond donors (Lipinski definition) is 0. The van der Waals surface area contributed by atoms with E-state index in [1.54, 1.807) is 12.1 Å². The standard InChI is InChI=1S/C17H23F3N2/c1-6-7-13(2)12-14(3)21(4)15-8-10-16(11-9-15)22(5)17(18,19)20/h7-12H,6H2,1-5H3/b13-7-,14-12-. The first kappa shape index (κ1) is 18.1. The molecule has 0 amide bonds. The third-order valence-electron chi connectivity index (χ3n) is 3.50. The zero-order valence-electron chi connectivity index (χ0n) is 13.7. The highest BCUT2D eigenvalue weighted by molar-refractivity contribution is 5.58. The van der Waals surface area contributed by atoms with Gasteiger partial charge in [-0.25, -0.2) is 0 Å². The molecule has 0 bridgehead atoms. The minimum atomic E-state index is -4.37. The second-order valence-electron chi connectivity index (χ2n) is 5.24. The molecule has 1 rings (SSSR count). The number of anilines is 2. The molecule has 122 valence electrons. The number of allylic oxidation sites excluding steroid dienone is 4. The van der Waals surface area contributed by atoms with E-state index in [2.05, 4.69) is 19.1 Å². The van der Waals surface area contributed by atoms with E-state index in [1.807, 2.05) is 25.8 Å². The summed E-state index contributed by atoms with van der Waals surface area (Å²) in [5.74, 6) is 0. The fraction of sp³-hybridized carbons (Fsp3) is 0.412. The highest BCUT2D eigenvalue weighted by Gasteiger charge is 2.34. The average Bonchev–Trinajstić information content (AvgIpc) is 2.45. The summed E-state index contributed by atoms with van der Waals surface area (Å²) in [5, 5.41) is 0. The average molecular weight is 312 g/mol. The van der Waals surface area contributed by atoms with Crippen LogP contribution in [0.5, 0.6) is 0 Å². The summed E-state index contributed by atoms with van der Waals surface area (Å²) in [5.41, 5.74) is 3.16. The lowest BCUT2D eigenvalue weighted by atomic mass is 10.2. The van der Waals surface area contributed by atoms with Crippen molar-refractivity contribution < 1.29 is 13.2 Å². The molecule has 0 aliphatic heterocycles. The van der Waals surface area contributed by atoms with Gasteiger partial charge >= 0.3 is 6.30 Å². The minimum Gasteiger partial charge on any atom is -0.348 e. The molecular weight excluding hydrogens is 289 g/mol. The molecule has 0 spiro atoms. The van der Waals surface area contributed by atoms with Crippen molar-refractivity contribution in [3.63, 3.8) is 0 Å². The molecule has 0 fully saturated rings. The fourth-order valence-corrected chi connectivity index (χ4v) is 2.06. The number of alkyl halides is 3. The normalized spacial score (nSPS) is 13.3. The molecular formula is C17H23F3N2. The second-order valence-corrected chi connectivity index (χ2v) is 5.24. The van der Waals surface area contributed by atoms with Crippen molar-refractivity contribution in [1.29, 1.82) is 0 Å². The Labute approximate surface area is 130 Å². The lowest BCUT2D eigenvalue weighted by Gasteiger charge is -2.24. The van der Waals surface area contributed by atoms with Crippen LogP contribution in [0.25, 0.3) is 0 Å². The van der Waals surface area contributed by atoms with Crippen LogP contribution in [0.4, 0.5) is 24.5 Å². The van der Waals surface area contributed by atoms with Gasteiger partial charge in [0.1, 0.15) is 0 Å². The Kier molecular flexibility index (Phi) is 6.09. The molecule has 0 saturated carbocycles.